The predicted octanol–water partition coefficient (Wildman–Crippen LogP) is 3.49. The molecule has 0 saturated heterocycles. The number of benzene rings is 2. The zero-order valence-electron chi connectivity index (χ0n) is 14.6. The highest BCUT2D eigenvalue weighted by atomic mass is 32.1. The minimum Gasteiger partial charge on any atom is -0.465 e. The Labute approximate surface area is 155 Å². The van der Waals surface area contributed by atoms with E-state index in [1.54, 1.807) is 24.3 Å². The molecule has 0 atom stereocenters. The van der Waals surface area contributed by atoms with Gasteiger partial charge in [0.2, 0.25) is 0 Å². The van der Waals surface area contributed by atoms with Crippen LogP contribution in [0.1, 0.15) is 10.4 Å². The molecule has 0 bridgehead atoms. The monoisotopic (exact) mass is 370 g/mol. The van der Waals surface area contributed by atoms with E-state index in [0.717, 1.165) is 16.8 Å². The van der Waals surface area contributed by atoms with Crippen LogP contribution in [0, 0.1) is 0 Å². The Kier molecular flexibility index (Phi) is 5.04. The molecule has 26 heavy (non-hydrogen) atoms. The van der Waals surface area contributed by atoms with Gasteiger partial charge in [-0.25, -0.2) is 4.79 Å². The molecule has 8 heteroatoms. The van der Waals surface area contributed by atoms with Gasteiger partial charge >= 0.3 is 5.97 Å². The first-order chi connectivity index (χ1) is 12.5. The second-order valence-electron chi connectivity index (χ2n) is 5.72. The highest BCUT2D eigenvalue weighted by Crippen LogP contribution is 2.31. The average Bonchev–Trinajstić information content (AvgIpc) is 3.04. The van der Waals surface area contributed by atoms with Crippen LogP contribution in [0.25, 0.3) is 11.0 Å². The predicted molar refractivity (Wildman–Crippen MR) is 106 cm³/mol. The molecule has 0 fully saturated rings. The summed E-state index contributed by atoms with van der Waals surface area (Å²) in [6.07, 6.45) is 0. The maximum absolute atomic E-state index is 11.5. The average molecular weight is 370 g/mol. The highest BCUT2D eigenvalue weighted by Gasteiger charge is 2.15. The second kappa shape index (κ2) is 7.40. The number of esters is 1. The number of carbonyl (C=O) groups is 1. The molecule has 134 valence electrons. The van der Waals surface area contributed by atoms with Crippen molar-refractivity contribution in [2.75, 3.05) is 36.7 Å². The molecule has 3 rings (SSSR count). The summed E-state index contributed by atoms with van der Waals surface area (Å²) in [6.45, 7) is 0. The number of anilines is 3. The Morgan fingerprint density at radius 2 is 1.88 bits per heavy atom. The molecule has 1 heterocycles. The van der Waals surface area contributed by atoms with Crippen molar-refractivity contribution >= 4 is 51.5 Å². The Bertz CT molecular complexity index is 951. The third-order valence-electron chi connectivity index (χ3n) is 3.75. The van der Waals surface area contributed by atoms with Crippen molar-refractivity contribution in [3.8, 4) is 0 Å². The molecule has 2 aromatic carbocycles. The van der Waals surface area contributed by atoms with E-state index in [1.165, 1.54) is 7.11 Å². The topological polar surface area (TPSA) is 79.6 Å². The standard InChI is InChI=1S/C18H18N4O3S/c1-22(2)13-5-4-6-14-15(13)16(21-25-14)20-18(26)19-12-9-7-11(8-10-12)17(23)24-3/h4-10H,1-3H3,(H2,19,20,21,26). The molecule has 0 aliphatic rings. The summed E-state index contributed by atoms with van der Waals surface area (Å²) < 4.78 is 10.0. The van der Waals surface area contributed by atoms with Gasteiger partial charge in [-0.2, -0.15) is 0 Å². The van der Waals surface area contributed by atoms with E-state index >= 15 is 0 Å². The van der Waals surface area contributed by atoms with E-state index in [-0.39, 0.29) is 5.97 Å². The first-order valence-corrected chi connectivity index (χ1v) is 8.22. The van der Waals surface area contributed by atoms with Crippen LogP contribution in [-0.4, -0.2) is 37.4 Å². The van der Waals surface area contributed by atoms with Crippen LogP contribution in [0.15, 0.2) is 47.0 Å². The van der Waals surface area contributed by atoms with E-state index in [1.807, 2.05) is 37.2 Å². The van der Waals surface area contributed by atoms with Gasteiger partial charge in [0.25, 0.3) is 0 Å². The number of nitrogens with zero attached hydrogens (tertiary/aromatic N) is 2. The quantitative estimate of drug-likeness (QED) is 0.534. The van der Waals surface area contributed by atoms with Gasteiger partial charge in [-0.15, -0.1) is 0 Å². The molecule has 1 aromatic heterocycles. The summed E-state index contributed by atoms with van der Waals surface area (Å²) in [4.78, 5) is 13.4. The fourth-order valence-corrected chi connectivity index (χ4v) is 2.72. The summed E-state index contributed by atoms with van der Waals surface area (Å²) >= 11 is 5.35. The number of hydrogen-bond acceptors (Lipinski definition) is 6. The minimum absolute atomic E-state index is 0.361. The second-order valence-corrected chi connectivity index (χ2v) is 6.13. The molecule has 0 spiro atoms. The Morgan fingerprint density at radius 3 is 2.54 bits per heavy atom. The maximum atomic E-state index is 11.5. The number of nitrogens with one attached hydrogen (secondary N) is 2. The molecule has 0 unspecified atom stereocenters. The van der Waals surface area contributed by atoms with Crippen molar-refractivity contribution in [1.29, 1.82) is 0 Å². The Morgan fingerprint density at radius 1 is 1.15 bits per heavy atom. The van der Waals surface area contributed by atoms with Crippen molar-refractivity contribution < 1.29 is 14.1 Å². The summed E-state index contributed by atoms with van der Waals surface area (Å²) in [7, 11) is 5.24. The van der Waals surface area contributed by atoms with Crippen molar-refractivity contribution in [3.05, 3.63) is 48.0 Å². The van der Waals surface area contributed by atoms with Gasteiger partial charge in [-0.1, -0.05) is 11.2 Å². The summed E-state index contributed by atoms with van der Waals surface area (Å²) in [5.41, 5.74) is 2.84. The molecule has 7 nitrogen and oxygen atoms in total. The first-order valence-electron chi connectivity index (χ1n) is 7.81. The number of aromatic nitrogens is 1. The highest BCUT2D eigenvalue weighted by molar-refractivity contribution is 7.80. The normalized spacial score (nSPS) is 10.4. The summed E-state index contributed by atoms with van der Waals surface area (Å²) in [6, 6.07) is 12.5. The van der Waals surface area contributed by atoms with Crippen LogP contribution in [0.2, 0.25) is 0 Å². The lowest BCUT2D eigenvalue weighted by atomic mass is 10.2. The fourth-order valence-electron chi connectivity index (χ4n) is 2.51. The van der Waals surface area contributed by atoms with E-state index in [2.05, 4.69) is 20.5 Å². The van der Waals surface area contributed by atoms with Crippen LogP contribution in [-0.2, 0) is 4.74 Å². The minimum atomic E-state index is -0.387. The fraction of sp³-hybridized carbons (Fsp3) is 0.167. The van der Waals surface area contributed by atoms with E-state index in [0.29, 0.717) is 22.1 Å². The van der Waals surface area contributed by atoms with E-state index in [4.69, 9.17) is 16.7 Å². The number of ether oxygens (including phenoxy) is 1. The smallest absolute Gasteiger partial charge is 0.337 e. The molecule has 2 N–H and O–H groups in total. The number of rotatable bonds is 4. The van der Waals surface area contributed by atoms with Crippen molar-refractivity contribution in [2.24, 2.45) is 0 Å². The molecular weight excluding hydrogens is 352 g/mol. The number of carbonyl (C=O) groups excluding carboxylic acids is 1. The number of hydrogen-bond donors (Lipinski definition) is 2. The summed E-state index contributed by atoms with van der Waals surface area (Å²) in [5, 5.41) is 11.4. The largest absolute Gasteiger partial charge is 0.465 e. The lowest BCUT2D eigenvalue weighted by molar-refractivity contribution is 0.0601. The molecule has 0 amide bonds. The van der Waals surface area contributed by atoms with Crippen LogP contribution in [0.4, 0.5) is 17.2 Å². The third-order valence-corrected chi connectivity index (χ3v) is 3.96. The SMILES string of the molecule is COC(=O)c1ccc(NC(=S)Nc2noc3cccc(N(C)C)c23)cc1. The summed E-state index contributed by atoms with van der Waals surface area (Å²) in [5.74, 6) is 0.149. The van der Waals surface area contributed by atoms with Crippen LogP contribution in [0.5, 0.6) is 0 Å². The lowest BCUT2D eigenvalue weighted by Gasteiger charge is -2.14. The van der Waals surface area contributed by atoms with Crippen molar-refractivity contribution in [3.63, 3.8) is 0 Å². The molecule has 0 aliphatic carbocycles. The van der Waals surface area contributed by atoms with Crippen LogP contribution in [0.3, 0.4) is 0 Å². The van der Waals surface area contributed by atoms with Crippen molar-refractivity contribution in [2.45, 2.75) is 0 Å². The number of thiocarbonyl (C=S) groups is 1. The van der Waals surface area contributed by atoms with Gasteiger partial charge in [0.15, 0.2) is 16.5 Å². The first kappa shape index (κ1) is 17.7. The maximum Gasteiger partial charge on any atom is 0.337 e. The lowest BCUT2D eigenvalue weighted by Crippen LogP contribution is -2.20. The zero-order chi connectivity index (χ0) is 18.7. The Hall–Kier alpha value is -3.13. The third kappa shape index (κ3) is 3.60. The number of fused-ring (bicyclic) bond motifs is 1. The van der Waals surface area contributed by atoms with Gasteiger partial charge in [0.1, 0.15) is 0 Å². The van der Waals surface area contributed by atoms with Gasteiger partial charge in [-0.3, -0.25) is 0 Å². The molecule has 0 aliphatic heterocycles. The van der Waals surface area contributed by atoms with Crippen LogP contribution >= 0.6 is 12.2 Å². The zero-order valence-corrected chi connectivity index (χ0v) is 15.4. The molecular formula is C18H18N4O3S. The van der Waals surface area contributed by atoms with Gasteiger partial charge in [-0.05, 0) is 48.6 Å². The van der Waals surface area contributed by atoms with Gasteiger partial charge < -0.3 is 24.8 Å². The molecule has 0 radical (unpaired) electrons. The molecule has 0 saturated carbocycles. The van der Waals surface area contributed by atoms with Gasteiger partial charge in [0, 0.05) is 19.8 Å². The van der Waals surface area contributed by atoms with E-state index in [9.17, 15) is 4.79 Å². The number of methoxy groups -OCH3 is 1. The van der Waals surface area contributed by atoms with Crippen molar-refractivity contribution in [1.82, 2.24) is 5.16 Å². The Balaban J connectivity index is 1.76. The molecule has 3 aromatic rings. The van der Waals surface area contributed by atoms with Crippen LogP contribution < -0.4 is 15.5 Å². The van der Waals surface area contributed by atoms with E-state index < -0.39 is 0 Å². The van der Waals surface area contributed by atoms with Gasteiger partial charge in [0.05, 0.1) is 23.7 Å².